The van der Waals surface area contributed by atoms with Gasteiger partial charge in [-0.15, -0.1) is 0 Å². The number of carbonyl (C=O) groups excluding carboxylic acids is 1. The van der Waals surface area contributed by atoms with Crippen LogP contribution in [0.15, 0.2) is 126 Å². The highest BCUT2D eigenvalue weighted by Gasteiger charge is 2.23. The third kappa shape index (κ3) is 6.98. The van der Waals surface area contributed by atoms with E-state index in [1.807, 2.05) is 72.8 Å². The van der Waals surface area contributed by atoms with E-state index in [9.17, 15) is 13.2 Å². The standard InChI is InChI=1S/C33H29N3O4S/c1-41(38,39)36(23-26-10-3-2-4-11-26)32-17-8-7-16-31(32)33(37)35-34-22-25-18-20-29(21-19-25)40-24-28-14-9-13-27-12-5-6-15-30(27)28/h2-22H,23-24H2,1H3,(H,35,37)/b34-22+. The van der Waals surface area contributed by atoms with Crippen molar-refractivity contribution < 1.29 is 17.9 Å². The summed E-state index contributed by atoms with van der Waals surface area (Å²) in [5.41, 5.74) is 5.66. The largest absolute Gasteiger partial charge is 0.489 e. The SMILES string of the molecule is CS(=O)(=O)N(Cc1ccccc1)c1ccccc1C(=O)N/N=C/c1ccc(OCc2cccc3ccccc23)cc1. The zero-order valence-corrected chi connectivity index (χ0v) is 23.3. The predicted molar refractivity (Wildman–Crippen MR) is 164 cm³/mol. The number of nitrogens with zero attached hydrogens (tertiary/aromatic N) is 2. The minimum atomic E-state index is -3.67. The summed E-state index contributed by atoms with van der Waals surface area (Å²) in [4.78, 5) is 13.0. The van der Waals surface area contributed by atoms with E-state index >= 15 is 0 Å². The van der Waals surface area contributed by atoms with Crippen molar-refractivity contribution in [2.45, 2.75) is 13.2 Å². The Balaban J connectivity index is 1.24. The topological polar surface area (TPSA) is 88.1 Å². The molecule has 0 aliphatic rings. The molecule has 1 amide bonds. The van der Waals surface area contributed by atoms with Crippen LogP contribution in [-0.4, -0.2) is 26.8 Å². The van der Waals surface area contributed by atoms with E-state index in [1.54, 1.807) is 24.3 Å². The van der Waals surface area contributed by atoms with Gasteiger partial charge in [0, 0.05) is 0 Å². The van der Waals surface area contributed by atoms with E-state index in [4.69, 9.17) is 4.74 Å². The number of benzene rings is 5. The first-order valence-electron chi connectivity index (χ1n) is 13.0. The molecule has 0 aromatic heterocycles. The van der Waals surface area contributed by atoms with Gasteiger partial charge in [-0.3, -0.25) is 9.10 Å². The lowest BCUT2D eigenvalue weighted by atomic mass is 10.1. The van der Waals surface area contributed by atoms with Crippen LogP contribution < -0.4 is 14.5 Å². The lowest BCUT2D eigenvalue weighted by molar-refractivity contribution is 0.0955. The molecule has 206 valence electrons. The summed E-state index contributed by atoms with van der Waals surface area (Å²) < 4.78 is 32.6. The molecule has 0 spiro atoms. The minimum Gasteiger partial charge on any atom is -0.489 e. The van der Waals surface area contributed by atoms with Crippen LogP contribution in [-0.2, 0) is 23.2 Å². The molecular weight excluding hydrogens is 534 g/mol. The smallest absolute Gasteiger partial charge is 0.273 e. The van der Waals surface area contributed by atoms with Gasteiger partial charge in [0.25, 0.3) is 5.91 Å². The molecule has 8 heteroatoms. The maximum Gasteiger partial charge on any atom is 0.273 e. The number of para-hydroxylation sites is 1. The highest BCUT2D eigenvalue weighted by Crippen LogP contribution is 2.25. The molecule has 1 N–H and O–H groups in total. The molecule has 0 heterocycles. The second-order valence-electron chi connectivity index (χ2n) is 9.47. The molecule has 0 aliphatic heterocycles. The molecule has 0 atom stereocenters. The number of ether oxygens (including phenoxy) is 1. The van der Waals surface area contributed by atoms with Crippen LogP contribution >= 0.6 is 0 Å². The molecule has 0 bridgehead atoms. The van der Waals surface area contributed by atoms with Crippen LogP contribution in [0.25, 0.3) is 10.8 Å². The van der Waals surface area contributed by atoms with Gasteiger partial charge in [0.05, 0.1) is 30.3 Å². The molecule has 0 saturated heterocycles. The minimum absolute atomic E-state index is 0.0994. The van der Waals surface area contributed by atoms with E-state index in [0.29, 0.717) is 12.4 Å². The zero-order valence-electron chi connectivity index (χ0n) is 22.5. The fourth-order valence-corrected chi connectivity index (χ4v) is 5.37. The van der Waals surface area contributed by atoms with Crippen molar-refractivity contribution in [3.63, 3.8) is 0 Å². The number of carbonyl (C=O) groups is 1. The first-order valence-corrected chi connectivity index (χ1v) is 14.9. The summed E-state index contributed by atoms with van der Waals surface area (Å²) in [5.74, 6) is 0.195. The first-order chi connectivity index (χ1) is 19.9. The second-order valence-corrected chi connectivity index (χ2v) is 11.4. The van der Waals surface area contributed by atoms with Gasteiger partial charge < -0.3 is 4.74 Å². The van der Waals surface area contributed by atoms with Gasteiger partial charge in [0.2, 0.25) is 10.0 Å². The van der Waals surface area contributed by atoms with Crippen LogP contribution in [0.5, 0.6) is 5.75 Å². The Morgan fingerprint density at radius 3 is 2.29 bits per heavy atom. The summed E-state index contributed by atoms with van der Waals surface area (Å²) in [6.45, 7) is 0.543. The fraction of sp³-hybridized carbons (Fsp3) is 0.0909. The highest BCUT2D eigenvalue weighted by molar-refractivity contribution is 7.92. The van der Waals surface area contributed by atoms with E-state index < -0.39 is 15.9 Å². The Morgan fingerprint density at radius 2 is 1.51 bits per heavy atom. The van der Waals surface area contributed by atoms with E-state index in [2.05, 4.69) is 34.8 Å². The van der Waals surface area contributed by atoms with Crippen molar-refractivity contribution in [1.82, 2.24) is 5.43 Å². The summed E-state index contributed by atoms with van der Waals surface area (Å²) >= 11 is 0. The number of rotatable bonds is 10. The summed E-state index contributed by atoms with van der Waals surface area (Å²) in [7, 11) is -3.67. The van der Waals surface area contributed by atoms with Gasteiger partial charge in [0.15, 0.2) is 0 Å². The number of anilines is 1. The quantitative estimate of drug-likeness (QED) is 0.163. The molecule has 5 aromatic rings. The molecule has 0 aliphatic carbocycles. The zero-order chi connectivity index (χ0) is 28.7. The van der Waals surface area contributed by atoms with Crippen LogP contribution in [0.1, 0.15) is 27.0 Å². The number of hydrogen-bond donors (Lipinski definition) is 1. The van der Waals surface area contributed by atoms with Gasteiger partial charge in [0.1, 0.15) is 12.4 Å². The first kappa shape index (κ1) is 27.6. The predicted octanol–water partition coefficient (Wildman–Crippen LogP) is 6.15. The molecular formula is C33H29N3O4S. The van der Waals surface area contributed by atoms with Crippen LogP contribution in [0.4, 0.5) is 5.69 Å². The Morgan fingerprint density at radius 1 is 0.829 bits per heavy atom. The maximum atomic E-state index is 13.0. The summed E-state index contributed by atoms with van der Waals surface area (Å²) in [5, 5.41) is 6.42. The third-order valence-corrected chi connectivity index (χ3v) is 7.65. The lowest BCUT2D eigenvalue weighted by Crippen LogP contribution is -2.32. The Labute approximate surface area is 239 Å². The van der Waals surface area contributed by atoms with Crippen LogP contribution in [0.2, 0.25) is 0 Å². The maximum absolute atomic E-state index is 13.0. The van der Waals surface area contributed by atoms with Crippen molar-refractivity contribution in [2.24, 2.45) is 5.10 Å². The molecule has 7 nitrogen and oxygen atoms in total. The molecule has 0 saturated carbocycles. The van der Waals surface area contributed by atoms with Crippen molar-refractivity contribution in [2.75, 3.05) is 10.6 Å². The average molecular weight is 564 g/mol. The normalized spacial score (nSPS) is 11.4. The molecule has 0 radical (unpaired) electrons. The number of sulfonamides is 1. The van der Waals surface area contributed by atoms with Crippen LogP contribution in [0.3, 0.4) is 0 Å². The second kappa shape index (κ2) is 12.5. The van der Waals surface area contributed by atoms with Crippen molar-refractivity contribution in [3.05, 3.63) is 144 Å². The summed E-state index contributed by atoms with van der Waals surface area (Å²) in [6.07, 6.45) is 2.64. The van der Waals surface area contributed by atoms with E-state index in [1.165, 1.54) is 15.9 Å². The number of hydrazone groups is 1. The van der Waals surface area contributed by atoms with Crippen molar-refractivity contribution in [1.29, 1.82) is 0 Å². The lowest BCUT2D eigenvalue weighted by Gasteiger charge is -2.24. The molecule has 0 fully saturated rings. The molecule has 41 heavy (non-hydrogen) atoms. The van der Waals surface area contributed by atoms with Gasteiger partial charge >= 0.3 is 0 Å². The number of hydrogen-bond acceptors (Lipinski definition) is 5. The van der Waals surface area contributed by atoms with Crippen molar-refractivity contribution >= 4 is 38.6 Å². The highest BCUT2D eigenvalue weighted by atomic mass is 32.2. The summed E-state index contributed by atoms with van der Waals surface area (Å²) in [6, 6.07) is 37.5. The van der Waals surface area contributed by atoms with Crippen molar-refractivity contribution in [3.8, 4) is 5.75 Å². The van der Waals surface area contributed by atoms with E-state index in [0.717, 1.165) is 28.3 Å². The van der Waals surface area contributed by atoms with E-state index in [-0.39, 0.29) is 17.8 Å². The van der Waals surface area contributed by atoms with Gasteiger partial charge in [-0.25, -0.2) is 13.8 Å². The number of fused-ring (bicyclic) bond motifs is 1. The Bertz CT molecular complexity index is 1780. The Kier molecular flexibility index (Phi) is 8.41. The Hall–Kier alpha value is -4.95. The van der Waals surface area contributed by atoms with Crippen LogP contribution in [0, 0.1) is 0 Å². The molecule has 0 unspecified atom stereocenters. The monoisotopic (exact) mass is 563 g/mol. The average Bonchev–Trinajstić information content (AvgIpc) is 2.99. The van der Waals surface area contributed by atoms with Gasteiger partial charge in [-0.1, -0.05) is 84.9 Å². The molecule has 5 rings (SSSR count). The van der Waals surface area contributed by atoms with Gasteiger partial charge in [-0.05, 0) is 63.9 Å². The molecule has 5 aromatic carbocycles. The third-order valence-electron chi connectivity index (χ3n) is 6.52. The fourth-order valence-electron chi connectivity index (χ4n) is 4.47. The number of nitrogens with one attached hydrogen (secondary N) is 1. The van der Waals surface area contributed by atoms with Gasteiger partial charge in [-0.2, -0.15) is 5.10 Å². The number of amides is 1.